The second-order valence-electron chi connectivity index (χ2n) is 5.97. The number of imidazole rings is 1. The molecule has 2 aromatic heterocycles. The number of nitrogens with one attached hydrogen (secondary N) is 1. The zero-order chi connectivity index (χ0) is 17.6. The zero-order valence-corrected chi connectivity index (χ0v) is 13.8. The van der Waals surface area contributed by atoms with E-state index in [0.717, 1.165) is 38.8 Å². The molecular formula is C15H21N7O3. The third-order valence-electron chi connectivity index (χ3n) is 4.24. The molecule has 1 aliphatic heterocycles. The Morgan fingerprint density at radius 2 is 2.28 bits per heavy atom. The maximum absolute atomic E-state index is 12.5. The van der Waals surface area contributed by atoms with E-state index in [1.807, 2.05) is 15.7 Å². The van der Waals surface area contributed by atoms with Crippen molar-refractivity contribution in [2.75, 3.05) is 6.54 Å². The van der Waals surface area contributed by atoms with Gasteiger partial charge in [0.1, 0.15) is 0 Å². The Bertz CT molecular complexity index is 713. The minimum Gasteiger partial charge on any atom is -0.361 e. The number of nitrogens with two attached hydrogens (primary N) is 1. The summed E-state index contributed by atoms with van der Waals surface area (Å²) in [5, 5.41) is 6.39. The average molecular weight is 347 g/mol. The summed E-state index contributed by atoms with van der Waals surface area (Å²) in [6.07, 6.45) is 9.40. The first-order valence-electron chi connectivity index (χ1n) is 8.26. The fourth-order valence-electron chi connectivity index (χ4n) is 2.97. The molecular weight excluding hydrogens is 326 g/mol. The Kier molecular flexibility index (Phi) is 5.26. The van der Waals surface area contributed by atoms with Crippen LogP contribution in [0.25, 0.3) is 0 Å². The molecule has 1 unspecified atom stereocenters. The summed E-state index contributed by atoms with van der Waals surface area (Å²) < 4.78 is 6.70. The molecule has 1 aliphatic rings. The van der Waals surface area contributed by atoms with Crippen LogP contribution in [-0.2, 0) is 13.1 Å². The van der Waals surface area contributed by atoms with Crippen molar-refractivity contribution in [3.8, 4) is 0 Å². The van der Waals surface area contributed by atoms with E-state index in [1.54, 1.807) is 12.5 Å². The van der Waals surface area contributed by atoms with Crippen molar-refractivity contribution in [3.63, 3.8) is 0 Å². The molecule has 10 heteroatoms. The second kappa shape index (κ2) is 7.77. The Balaban J connectivity index is 1.53. The van der Waals surface area contributed by atoms with E-state index in [-0.39, 0.29) is 30.3 Å². The molecule has 1 saturated heterocycles. The van der Waals surface area contributed by atoms with Crippen LogP contribution in [0.1, 0.15) is 42.2 Å². The molecule has 25 heavy (non-hydrogen) atoms. The van der Waals surface area contributed by atoms with Crippen molar-refractivity contribution in [1.82, 2.24) is 29.9 Å². The van der Waals surface area contributed by atoms with Crippen LogP contribution in [0.15, 0.2) is 23.2 Å². The molecule has 1 atom stereocenters. The van der Waals surface area contributed by atoms with E-state index < -0.39 is 5.91 Å². The number of rotatable bonds is 6. The third-order valence-corrected chi connectivity index (χ3v) is 4.24. The van der Waals surface area contributed by atoms with Crippen molar-refractivity contribution < 1.29 is 14.1 Å². The molecule has 3 rings (SSSR count). The average Bonchev–Trinajstić information content (AvgIpc) is 3.30. The van der Waals surface area contributed by atoms with Gasteiger partial charge in [0.05, 0.1) is 12.9 Å². The van der Waals surface area contributed by atoms with Crippen molar-refractivity contribution in [2.45, 2.75) is 44.8 Å². The van der Waals surface area contributed by atoms with Gasteiger partial charge in [-0.05, 0) is 25.7 Å². The largest absolute Gasteiger partial charge is 0.361 e. The predicted octanol–water partition coefficient (Wildman–Crippen LogP) is 0.519. The predicted molar refractivity (Wildman–Crippen MR) is 86.2 cm³/mol. The van der Waals surface area contributed by atoms with Gasteiger partial charge in [-0.25, -0.2) is 9.78 Å². The number of carbonyl (C=O) groups excluding carboxylic acids is 2. The number of primary amides is 1. The van der Waals surface area contributed by atoms with Crippen molar-refractivity contribution in [1.29, 1.82) is 0 Å². The lowest BCUT2D eigenvalue weighted by molar-refractivity contribution is 0.0958. The summed E-state index contributed by atoms with van der Waals surface area (Å²) in [5.74, 6) is -0.838. The fourth-order valence-corrected chi connectivity index (χ4v) is 2.97. The topological polar surface area (TPSA) is 132 Å². The van der Waals surface area contributed by atoms with Crippen molar-refractivity contribution >= 4 is 11.9 Å². The van der Waals surface area contributed by atoms with Gasteiger partial charge in [-0.2, -0.15) is 4.98 Å². The van der Waals surface area contributed by atoms with Crippen LogP contribution in [0.3, 0.4) is 0 Å². The lowest BCUT2D eigenvalue weighted by Gasteiger charge is -2.35. The van der Waals surface area contributed by atoms with Crippen LogP contribution in [0.2, 0.25) is 0 Å². The number of hydrogen-bond donors (Lipinski definition) is 2. The number of hydrogen-bond acceptors (Lipinski definition) is 6. The monoisotopic (exact) mass is 347 g/mol. The van der Waals surface area contributed by atoms with Gasteiger partial charge in [0.2, 0.25) is 0 Å². The fraction of sp³-hybridized carbons (Fsp3) is 0.533. The van der Waals surface area contributed by atoms with Gasteiger partial charge in [0.15, 0.2) is 5.82 Å². The maximum Gasteiger partial charge on any atom is 0.318 e. The van der Waals surface area contributed by atoms with E-state index in [9.17, 15) is 9.59 Å². The molecule has 0 aromatic carbocycles. The third kappa shape index (κ3) is 4.34. The Hall–Kier alpha value is -2.91. The number of piperidine rings is 1. The molecule has 0 spiro atoms. The standard InChI is InChI=1S/C15H21N7O3/c16-13(23)14-19-12(20-25-14)9-18-15(24)22-6-2-1-3-11(22)4-7-21-8-5-17-10-21/h5,8,10-11H,1-4,6-7,9H2,(H2,16,23)(H,18,24). The van der Waals surface area contributed by atoms with Crippen LogP contribution in [0.4, 0.5) is 4.79 Å². The maximum atomic E-state index is 12.5. The highest BCUT2D eigenvalue weighted by Gasteiger charge is 2.26. The van der Waals surface area contributed by atoms with Crippen LogP contribution < -0.4 is 11.1 Å². The second-order valence-corrected chi connectivity index (χ2v) is 5.97. The lowest BCUT2D eigenvalue weighted by Crippen LogP contribution is -2.48. The molecule has 134 valence electrons. The van der Waals surface area contributed by atoms with Crippen LogP contribution in [0.5, 0.6) is 0 Å². The van der Waals surface area contributed by atoms with E-state index >= 15 is 0 Å². The Labute approximate surface area is 144 Å². The lowest BCUT2D eigenvalue weighted by atomic mass is 10.00. The number of aromatic nitrogens is 4. The van der Waals surface area contributed by atoms with Gasteiger partial charge in [-0.3, -0.25) is 4.79 Å². The number of amides is 3. The minimum absolute atomic E-state index is 0.0837. The van der Waals surface area contributed by atoms with E-state index in [2.05, 4.69) is 20.4 Å². The summed E-state index contributed by atoms with van der Waals surface area (Å²) >= 11 is 0. The van der Waals surface area contributed by atoms with Crippen LogP contribution >= 0.6 is 0 Å². The quantitative estimate of drug-likeness (QED) is 0.783. The van der Waals surface area contributed by atoms with Gasteiger partial charge in [-0.1, -0.05) is 5.16 Å². The zero-order valence-electron chi connectivity index (χ0n) is 13.8. The molecule has 1 fully saturated rings. The summed E-state index contributed by atoms with van der Waals surface area (Å²) in [6.45, 7) is 1.63. The van der Waals surface area contributed by atoms with Gasteiger partial charge in [-0.15, -0.1) is 0 Å². The smallest absolute Gasteiger partial charge is 0.318 e. The molecule has 0 aliphatic carbocycles. The summed E-state index contributed by atoms with van der Waals surface area (Å²) in [6, 6.07) is 0.0170. The van der Waals surface area contributed by atoms with E-state index in [0.29, 0.717) is 0 Å². The summed E-state index contributed by atoms with van der Waals surface area (Å²) in [4.78, 5) is 33.1. The van der Waals surface area contributed by atoms with Crippen LogP contribution in [-0.4, -0.2) is 49.1 Å². The molecule has 0 radical (unpaired) electrons. The highest BCUT2D eigenvalue weighted by atomic mass is 16.5. The van der Waals surface area contributed by atoms with Crippen molar-refractivity contribution in [3.05, 3.63) is 30.4 Å². The summed E-state index contributed by atoms with van der Waals surface area (Å²) in [7, 11) is 0. The molecule has 3 N–H and O–H groups in total. The Morgan fingerprint density at radius 3 is 3.00 bits per heavy atom. The number of carbonyl (C=O) groups is 2. The first kappa shape index (κ1) is 16.9. The number of likely N-dealkylation sites (tertiary alicyclic amines) is 1. The number of urea groups is 1. The van der Waals surface area contributed by atoms with E-state index in [1.165, 1.54) is 0 Å². The van der Waals surface area contributed by atoms with E-state index in [4.69, 9.17) is 10.3 Å². The normalized spacial score (nSPS) is 17.4. The number of aryl methyl sites for hydroxylation is 1. The van der Waals surface area contributed by atoms with Crippen LogP contribution in [0, 0.1) is 0 Å². The first-order valence-corrected chi connectivity index (χ1v) is 8.26. The molecule has 3 amide bonds. The Morgan fingerprint density at radius 1 is 1.40 bits per heavy atom. The molecule has 0 saturated carbocycles. The number of nitrogens with zero attached hydrogens (tertiary/aromatic N) is 5. The van der Waals surface area contributed by atoms with Gasteiger partial charge < -0.3 is 25.0 Å². The van der Waals surface area contributed by atoms with Gasteiger partial charge in [0.25, 0.3) is 0 Å². The van der Waals surface area contributed by atoms with Crippen molar-refractivity contribution in [2.24, 2.45) is 5.73 Å². The van der Waals surface area contributed by atoms with Gasteiger partial charge >= 0.3 is 17.8 Å². The SMILES string of the molecule is NC(=O)c1nc(CNC(=O)N2CCCCC2CCn2ccnc2)no1. The first-order chi connectivity index (χ1) is 12.1. The minimum atomic E-state index is -0.791. The molecule has 10 nitrogen and oxygen atoms in total. The molecule has 2 aromatic rings. The summed E-state index contributed by atoms with van der Waals surface area (Å²) in [5.41, 5.74) is 5.05. The molecule has 0 bridgehead atoms. The highest BCUT2D eigenvalue weighted by Crippen LogP contribution is 2.20. The van der Waals surface area contributed by atoms with Gasteiger partial charge in [0, 0.05) is 31.5 Å². The molecule has 3 heterocycles. The highest BCUT2D eigenvalue weighted by molar-refractivity contribution is 5.87.